The molecule has 0 saturated carbocycles. The van der Waals surface area contributed by atoms with E-state index in [0.717, 1.165) is 44.4 Å². The molecule has 1 aromatic carbocycles. The fourth-order valence-electron chi connectivity index (χ4n) is 3.74. The second-order valence-corrected chi connectivity index (χ2v) is 7.54. The molecule has 3 N–H and O–H groups in total. The zero-order valence-electron chi connectivity index (χ0n) is 15.3. The number of carbonyl (C=O) groups is 1. The van der Waals surface area contributed by atoms with Gasteiger partial charge in [0.05, 0.1) is 6.61 Å². The number of piperidine rings is 1. The summed E-state index contributed by atoms with van der Waals surface area (Å²) in [6.45, 7) is 2.31. The van der Waals surface area contributed by atoms with E-state index < -0.39 is 0 Å². The molecule has 3 heterocycles. The largest absolute Gasteiger partial charge is 0.423 e. The summed E-state index contributed by atoms with van der Waals surface area (Å²) < 4.78 is 5.81. The molecule has 156 valence electrons. The Morgan fingerprint density at radius 3 is 2.79 bits per heavy atom. The van der Waals surface area contributed by atoms with Crippen LogP contribution in [-0.4, -0.2) is 54.3 Å². The van der Waals surface area contributed by atoms with Gasteiger partial charge in [0.25, 0.3) is 6.01 Å². The van der Waals surface area contributed by atoms with Crippen LogP contribution in [0.4, 0.5) is 6.01 Å². The van der Waals surface area contributed by atoms with Gasteiger partial charge in [-0.3, -0.25) is 4.79 Å². The van der Waals surface area contributed by atoms with Gasteiger partial charge in [0, 0.05) is 48.7 Å². The average molecular weight is 452 g/mol. The van der Waals surface area contributed by atoms with Gasteiger partial charge in [0.15, 0.2) is 5.58 Å². The Morgan fingerprint density at radius 1 is 1.36 bits per heavy atom. The number of anilines is 1. The van der Waals surface area contributed by atoms with Crippen molar-refractivity contribution in [2.75, 3.05) is 31.1 Å². The van der Waals surface area contributed by atoms with Crippen LogP contribution in [0.1, 0.15) is 19.3 Å². The predicted molar refractivity (Wildman–Crippen MR) is 114 cm³/mol. The zero-order chi connectivity index (χ0) is 18.1. The lowest BCUT2D eigenvalue weighted by Gasteiger charge is -2.30. The second kappa shape index (κ2) is 9.98. The lowest BCUT2D eigenvalue weighted by atomic mass is 9.95. The Morgan fingerprint density at radius 2 is 2.11 bits per heavy atom. The summed E-state index contributed by atoms with van der Waals surface area (Å²) >= 11 is 5.99. The van der Waals surface area contributed by atoms with Crippen LogP contribution >= 0.6 is 36.4 Å². The summed E-state index contributed by atoms with van der Waals surface area (Å²) in [7, 11) is 0. The Bertz CT molecular complexity index is 795. The topological polar surface area (TPSA) is 90.6 Å². The predicted octanol–water partition coefficient (Wildman–Crippen LogP) is 2.38. The molecule has 0 aliphatic carbocycles. The number of amides is 1. The molecule has 0 bridgehead atoms. The molecule has 28 heavy (non-hydrogen) atoms. The molecule has 10 heteroatoms. The summed E-state index contributed by atoms with van der Waals surface area (Å²) in [6, 6.07) is 6.20. The summed E-state index contributed by atoms with van der Waals surface area (Å²) in [4.78, 5) is 19.1. The molecule has 2 saturated heterocycles. The van der Waals surface area contributed by atoms with Crippen molar-refractivity contribution in [1.29, 1.82) is 0 Å². The Hall–Kier alpha value is -1.25. The smallest absolute Gasteiger partial charge is 0.298 e. The first-order valence-electron chi connectivity index (χ1n) is 9.08. The highest BCUT2D eigenvalue weighted by Crippen LogP contribution is 2.28. The summed E-state index contributed by atoms with van der Waals surface area (Å²) in [6.07, 6.45) is 2.33. The van der Waals surface area contributed by atoms with Gasteiger partial charge in [-0.25, -0.2) is 0 Å². The third kappa shape index (κ3) is 5.02. The number of hydrogen-bond donors (Lipinski definition) is 3. The Kier molecular flexibility index (Phi) is 8.21. The monoisotopic (exact) mass is 450 g/mol. The summed E-state index contributed by atoms with van der Waals surface area (Å²) in [5, 5.41) is 16.1. The lowest BCUT2D eigenvalue weighted by Crippen LogP contribution is -2.44. The molecule has 2 aliphatic rings. The standard InChI is InChI=1S/C18H23ClN4O3.2ClH/c19-12-1-2-15-16(7-12)26-18(22-15)23-5-3-11(4-6-23)17(25)21-13-8-14(10-24)20-9-13;;/h1-2,7,11,13-14,20,24H,3-6,8-10H2,(H,21,25);2*1H/t13-,14+;;/m0../s1. The van der Waals surface area contributed by atoms with E-state index in [4.69, 9.17) is 21.1 Å². The average Bonchev–Trinajstić information content (AvgIpc) is 3.28. The van der Waals surface area contributed by atoms with Gasteiger partial charge >= 0.3 is 0 Å². The van der Waals surface area contributed by atoms with Crippen molar-refractivity contribution < 1.29 is 14.3 Å². The highest BCUT2D eigenvalue weighted by atomic mass is 35.5. The van der Waals surface area contributed by atoms with E-state index in [1.54, 1.807) is 12.1 Å². The number of carbonyl (C=O) groups excluding carboxylic acids is 1. The number of hydrogen-bond acceptors (Lipinski definition) is 6. The second-order valence-electron chi connectivity index (χ2n) is 7.10. The highest BCUT2D eigenvalue weighted by molar-refractivity contribution is 6.31. The van der Waals surface area contributed by atoms with Gasteiger partial charge in [0.2, 0.25) is 5.91 Å². The maximum atomic E-state index is 12.5. The minimum atomic E-state index is 0. The number of aliphatic hydroxyl groups excluding tert-OH is 1. The zero-order valence-corrected chi connectivity index (χ0v) is 17.7. The third-order valence-corrected chi connectivity index (χ3v) is 5.50. The van der Waals surface area contributed by atoms with Crippen molar-refractivity contribution >= 4 is 59.4 Å². The molecule has 2 atom stereocenters. The Labute approximate surface area is 181 Å². The third-order valence-electron chi connectivity index (χ3n) is 5.26. The van der Waals surface area contributed by atoms with Crippen molar-refractivity contribution in [3.8, 4) is 0 Å². The number of benzene rings is 1. The van der Waals surface area contributed by atoms with Gasteiger partial charge < -0.3 is 25.1 Å². The van der Waals surface area contributed by atoms with Crippen LogP contribution < -0.4 is 15.5 Å². The molecule has 1 amide bonds. The fourth-order valence-corrected chi connectivity index (χ4v) is 3.90. The summed E-state index contributed by atoms with van der Waals surface area (Å²) in [5.74, 6) is 0.123. The fraction of sp³-hybridized carbons (Fsp3) is 0.556. The molecular formula is C18H25Cl3N4O3. The van der Waals surface area contributed by atoms with Gasteiger partial charge in [-0.05, 0) is 31.4 Å². The van der Waals surface area contributed by atoms with Crippen molar-refractivity contribution in [2.45, 2.75) is 31.3 Å². The SMILES string of the molecule is Cl.Cl.O=C(N[C@@H]1CN[C@@H](CO)C1)C1CCN(c2nc3ccc(Cl)cc3o2)CC1. The van der Waals surface area contributed by atoms with Gasteiger partial charge in [-0.1, -0.05) is 11.6 Å². The van der Waals surface area contributed by atoms with Crippen LogP contribution in [0.3, 0.4) is 0 Å². The van der Waals surface area contributed by atoms with Gasteiger partial charge in [-0.2, -0.15) is 4.98 Å². The number of nitrogens with one attached hydrogen (secondary N) is 2. The number of aliphatic hydroxyl groups is 1. The quantitative estimate of drug-likeness (QED) is 0.661. The summed E-state index contributed by atoms with van der Waals surface area (Å²) in [5.41, 5.74) is 1.47. The number of aromatic nitrogens is 1. The molecule has 1 aromatic heterocycles. The number of fused-ring (bicyclic) bond motifs is 1. The first-order chi connectivity index (χ1) is 12.6. The Balaban J connectivity index is 0.00000140. The number of oxazole rings is 1. The van der Waals surface area contributed by atoms with E-state index in [2.05, 4.69) is 20.5 Å². The molecule has 0 spiro atoms. The van der Waals surface area contributed by atoms with Crippen LogP contribution in [0.15, 0.2) is 22.6 Å². The van der Waals surface area contributed by atoms with Crippen molar-refractivity contribution in [3.63, 3.8) is 0 Å². The molecular weight excluding hydrogens is 427 g/mol. The van der Waals surface area contributed by atoms with E-state index in [0.29, 0.717) is 16.6 Å². The molecule has 4 rings (SSSR count). The van der Waals surface area contributed by atoms with E-state index in [9.17, 15) is 4.79 Å². The van der Waals surface area contributed by atoms with Crippen molar-refractivity contribution in [2.24, 2.45) is 5.92 Å². The van der Waals surface area contributed by atoms with Crippen molar-refractivity contribution in [1.82, 2.24) is 15.6 Å². The van der Waals surface area contributed by atoms with E-state index >= 15 is 0 Å². The van der Waals surface area contributed by atoms with E-state index in [1.165, 1.54) is 0 Å². The van der Waals surface area contributed by atoms with Crippen LogP contribution in [0, 0.1) is 5.92 Å². The molecule has 2 aliphatic heterocycles. The van der Waals surface area contributed by atoms with Crippen molar-refractivity contribution in [3.05, 3.63) is 23.2 Å². The minimum Gasteiger partial charge on any atom is -0.423 e. The van der Waals surface area contributed by atoms with Crippen LogP contribution in [0.5, 0.6) is 0 Å². The molecule has 7 nitrogen and oxygen atoms in total. The first-order valence-corrected chi connectivity index (χ1v) is 9.46. The number of nitrogens with zero attached hydrogens (tertiary/aromatic N) is 2. The van der Waals surface area contributed by atoms with E-state index in [-0.39, 0.29) is 55.3 Å². The normalized spacial score (nSPS) is 22.6. The molecule has 0 radical (unpaired) electrons. The minimum absolute atomic E-state index is 0. The number of halogens is 3. The molecule has 2 fully saturated rings. The maximum Gasteiger partial charge on any atom is 0.298 e. The molecule has 2 aromatic rings. The molecule has 0 unspecified atom stereocenters. The van der Waals surface area contributed by atoms with Crippen LogP contribution in [0.2, 0.25) is 5.02 Å². The maximum absolute atomic E-state index is 12.5. The van der Waals surface area contributed by atoms with Crippen LogP contribution in [0.25, 0.3) is 11.1 Å². The lowest BCUT2D eigenvalue weighted by molar-refractivity contribution is -0.126. The van der Waals surface area contributed by atoms with Crippen LogP contribution in [-0.2, 0) is 4.79 Å². The first kappa shape index (κ1) is 23.0. The number of rotatable bonds is 4. The van der Waals surface area contributed by atoms with Gasteiger partial charge in [0.1, 0.15) is 5.52 Å². The highest BCUT2D eigenvalue weighted by Gasteiger charge is 2.30. The van der Waals surface area contributed by atoms with Gasteiger partial charge in [-0.15, -0.1) is 24.8 Å². The van der Waals surface area contributed by atoms with E-state index in [1.807, 2.05) is 6.07 Å².